The van der Waals surface area contributed by atoms with Crippen LogP contribution in [0.2, 0.25) is 0 Å². The van der Waals surface area contributed by atoms with Gasteiger partial charge in [-0.15, -0.1) is 0 Å². The molecule has 1 aliphatic heterocycles. The van der Waals surface area contributed by atoms with Crippen LogP contribution >= 0.6 is 0 Å². The van der Waals surface area contributed by atoms with Gasteiger partial charge in [0.25, 0.3) is 0 Å². The van der Waals surface area contributed by atoms with Gasteiger partial charge in [-0.05, 0) is 44.7 Å². The average molecular weight is 367 g/mol. The number of likely N-dealkylation sites (tertiary alicyclic amines) is 1. The summed E-state index contributed by atoms with van der Waals surface area (Å²) in [5.41, 5.74) is 2.13. The lowest BCUT2D eigenvalue weighted by molar-refractivity contribution is 0.0679. The van der Waals surface area contributed by atoms with E-state index in [9.17, 15) is 4.79 Å². The van der Waals surface area contributed by atoms with Crippen LogP contribution in [0.5, 0.6) is 0 Å². The van der Waals surface area contributed by atoms with Crippen LogP contribution in [0.1, 0.15) is 50.3 Å². The highest BCUT2D eigenvalue weighted by atomic mass is 16.6. The number of nitrogens with zero attached hydrogens (tertiary/aromatic N) is 3. The highest BCUT2D eigenvalue weighted by molar-refractivity contribution is 5.69. The Balaban J connectivity index is 1.78. The van der Waals surface area contributed by atoms with Gasteiger partial charge in [-0.3, -0.25) is 0 Å². The molecule has 1 aromatic heterocycles. The third kappa shape index (κ3) is 4.59. The number of amides is 1. The molecule has 0 N–H and O–H groups in total. The molecule has 5 heteroatoms. The topological polar surface area (TPSA) is 45.7 Å². The molecule has 3 rings (SSSR count). The maximum atomic E-state index is 12.8. The summed E-state index contributed by atoms with van der Waals surface area (Å²) in [4.78, 5) is 21.6. The first-order valence-electron chi connectivity index (χ1n) is 9.91. The minimum Gasteiger partial charge on any atom is -0.445 e. The van der Waals surface area contributed by atoms with Gasteiger partial charge in [0.15, 0.2) is 0 Å². The van der Waals surface area contributed by atoms with E-state index >= 15 is 0 Å². The molecule has 0 spiro atoms. The van der Waals surface area contributed by atoms with Gasteiger partial charge in [0.05, 0.1) is 6.04 Å². The molecule has 2 heterocycles. The van der Waals surface area contributed by atoms with Crippen molar-refractivity contribution in [2.75, 3.05) is 24.5 Å². The second-order valence-corrected chi connectivity index (χ2v) is 6.83. The number of piperidine rings is 1. The molecule has 1 unspecified atom stereocenters. The van der Waals surface area contributed by atoms with Crippen molar-refractivity contribution in [3.8, 4) is 0 Å². The van der Waals surface area contributed by atoms with Gasteiger partial charge < -0.3 is 14.5 Å². The van der Waals surface area contributed by atoms with Crippen molar-refractivity contribution in [2.24, 2.45) is 0 Å². The summed E-state index contributed by atoms with van der Waals surface area (Å²) in [6.07, 6.45) is 4.66. The van der Waals surface area contributed by atoms with Crippen LogP contribution in [0.3, 0.4) is 0 Å². The zero-order valence-electron chi connectivity index (χ0n) is 16.3. The fraction of sp³-hybridized carbons (Fsp3) is 0.455. The van der Waals surface area contributed by atoms with E-state index < -0.39 is 0 Å². The number of carbonyl (C=O) groups excluding carboxylic acids is 1. The number of pyridine rings is 1. The molecule has 1 fully saturated rings. The molecule has 5 nitrogen and oxygen atoms in total. The van der Waals surface area contributed by atoms with Gasteiger partial charge in [0.2, 0.25) is 0 Å². The molecule has 0 aliphatic carbocycles. The third-order valence-corrected chi connectivity index (χ3v) is 5.18. The van der Waals surface area contributed by atoms with Gasteiger partial charge in [0.1, 0.15) is 12.4 Å². The minimum atomic E-state index is -0.238. The predicted molar refractivity (Wildman–Crippen MR) is 108 cm³/mol. The Labute approximate surface area is 162 Å². The largest absolute Gasteiger partial charge is 0.445 e. The van der Waals surface area contributed by atoms with Gasteiger partial charge in [-0.2, -0.15) is 0 Å². The zero-order valence-corrected chi connectivity index (χ0v) is 16.3. The van der Waals surface area contributed by atoms with Crippen LogP contribution in [0.4, 0.5) is 10.6 Å². The maximum absolute atomic E-state index is 12.8. The Kier molecular flexibility index (Phi) is 6.69. The molecule has 1 saturated heterocycles. The lowest BCUT2D eigenvalue weighted by Gasteiger charge is -2.37. The molecular formula is C22H29N3O2. The van der Waals surface area contributed by atoms with Crippen molar-refractivity contribution in [1.82, 2.24) is 9.88 Å². The molecule has 1 aromatic carbocycles. The van der Waals surface area contributed by atoms with E-state index in [-0.39, 0.29) is 12.1 Å². The van der Waals surface area contributed by atoms with Crippen LogP contribution in [0, 0.1) is 0 Å². The highest BCUT2D eigenvalue weighted by Gasteiger charge is 2.31. The number of carbonyl (C=O) groups is 1. The lowest BCUT2D eigenvalue weighted by atomic mass is 9.95. The summed E-state index contributed by atoms with van der Waals surface area (Å²) >= 11 is 0. The van der Waals surface area contributed by atoms with Gasteiger partial charge in [-0.1, -0.05) is 36.4 Å². The van der Waals surface area contributed by atoms with Crippen molar-refractivity contribution in [2.45, 2.75) is 45.8 Å². The van der Waals surface area contributed by atoms with Crippen molar-refractivity contribution < 1.29 is 9.53 Å². The van der Waals surface area contributed by atoms with Crippen LogP contribution in [0.15, 0.2) is 48.7 Å². The number of anilines is 1. The quantitative estimate of drug-likeness (QED) is 0.736. The Morgan fingerprint density at radius 3 is 2.67 bits per heavy atom. The van der Waals surface area contributed by atoms with E-state index in [1.807, 2.05) is 47.5 Å². The smallest absolute Gasteiger partial charge is 0.410 e. The van der Waals surface area contributed by atoms with Gasteiger partial charge in [-0.25, -0.2) is 9.78 Å². The molecule has 2 aromatic rings. The van der Waals surface area contributed by atoms with Crippen molar-refractivity contribution >= 4 is 11.9 Å². The third-order valence-electron chi connectivity index (χ3n) is 5.18. The summed E-state index contributed by atoms with van der Waals surface area (Å²) in [6.45, 7) is 7.09. The lowest BCUT2D eigenvalue weighted by Crippen LogP contribution is -2.39. The molecule has 27 heavy (non-hydrogen) atoms. The van der Waals surface area contributed by atoms with Crippen LogP contribution in [-0.2, 0) is 11.3 Å². The van der Waals surface area contributed by atoms with Gasteiger partial charge >= 0.3 is 6.09 Å². The average Bonchev–Trinajstić information content (AvgIpc) is 2.74. The van der Waals surface area contributed by atoms with E-state index in [4.69, 9.17) is 4.74 Å². The van der Waals surface area contributed by atoms with Crippen molar-refractivity contribution in [3.63, 3.8) is 0 Å². The number of rotatable bonds is 6. The first-order chi connectivity index (χ1) is 13.2. The van der Waals surface area contributed by atoms with E-state index in [2.05, 4.69) is 29.8 Å². The molecular weight excluding hydrogens is 338 g/mol. The van der Waals surface area contributed by atoms with E-state index in [0.29, 0.717) is 6.61 Å². The monoisotopic (exact) mass is 367 g/mol. The Morgan fingerprint density at radius 1 is 1.15 bits per heavy atom. The van der Waals surface area contributed by atoms with Crippen LogP contribution in [0.25, 0.3) is 0 Å². The maximum Gasteiger partial charge on any atom is 0.410 e. The number of ether oxygens (including phenoxy) is 1. The fourth-order valence-corrected chi connectivity index (χ4v) is 3.73. The summed E-state index contributed by atoms with van der Waals surface area (Å²) in [7, 11) is 0. The minimum absolute atomic E-state index is 0.0197. The fourth-order valence-electron chi connectivity index (χ4n) is 3.73. The summed E-state index contributed by atoms with van der Waals surface area (Å²) in [5, 5.41) is 0. The van der Waals surface area contributed by atoms with Crippen LogP contribution in [-0.4, -0.2) is 35.6 Å². The number of aromatic nitrogens is 1. The SMILES string of the molecule is CCN(CC)c1ncccc1C1CCCCN1C(=O)OCc1ccccc1. The molecule has 1 amide bonds. The molecule has 1 atom stereocenters. The summed E-state index contributed by atoms with van der Waals surface area (Å²) in [5.74, 6) is 0.982. The normalized spacial score (nSPS) is 16.8. The van der Waals surface area contributed by atoms with E-state index in [1.54, 1.807) is 0 Å². The van der Waals surface area contributed by atoms with Crippen molar-refractivity contribution in [1.29, 1.82) is 0 Å². The molecule has 1 aliphatic rings. The number of hydrogen-bond donors (Lipinski definition) is 0. The molecule has 0 radical (unpaired) electrons. The Morgan fingerprint density at radius 2 is 1.93 bits per heavy atom. The zero-order chi connectivity index (χ0) is 19.1. The Bertz CT molecular complexity index is 731. The molecule has 144 valence electrons. The predicted octanol–water partition coefficient (Wildman–Crippen LogP) is 4.79. The van der Waals surface area contributed by atoms with Crippen LogP contribution < -0.4 is 4.90 Å². The highest BCUT2D eigenvalue weighted by Crippen LogP contribution is 2.35. The number of hydrogen-bond acceptors (Lipinski definition) is 4. The first kappa shape index (κ1) is 19.2. The van der Waals surface area contributed by atoms with Crippen molar-refractivity contribution in [3.05, 3.63) is 59.8 Å². The van der Waals surface area contributed by atoms with Gasteiger partial charge in [0, 0.05) is 31.4 Å². The number of benzene rings is 1. The van der Waals surface area contributed by atoms with E-state index in [0.717, 1.165) is 55.8 Å². The summed E-state index contributed by atoms with van der Waals surface area (Å²) in [6, 6.07) is 13.9. The standard InChI is InChI=1S/C22H29N3O2/c1-3-24(4-2)21-19(13-10-15-23-21)20-14-8-9-16-25(20)22(26)27-17-18-11-6-5-7-12-18/h5-7,10-13,15,20H,3-4,8-9,14,16-17H2,1-2H3. The second kappa shape index (κ2) is 9.40. The van der Waals surface area contributed by atoms with E-state index in [1.165, 1.54) is 0 Å². The second-order valence-electron chi connectivity index (χ2n) is 6.83. The first-order valence-corrected chi connectivity index (χ1v) is 9.91. The summed E-state index contributed by atoms with van der Waals surface area (Å²) < 4.78 is 5.63. The Hall–Kier alpha value is -2.56. The molecule has 0 saturated carbocycles. The molecule has 0 bridgehead atoms.